The lowest BCUT2D eigenvalue weighted by Gasteiger charge is -2.06. The molecule has 0 rings (SSSR count). The molecule has 0 saturated heterocycles. The van der Waals surface area contributed by atoms with Gasteiger partial charge in [0.25, 0.3) is 0 Å². The maximum Gasteiger partial charge on any atom is 0.334 e. The molecule has 16 heavy (non-hydrogen) atoms. The Morgan fingerprint density at radius 3 is 2.56 bits per heavy atom. The molecular formula is C9H16O6S. The molecule has 6 nitrogen and oxygen atoms in total. The number of carbonyl (C=O) groups excluding carboxylic acids is 1. The van der Waals surface area contributed by atoms with Gasteiger partial charge in [0.15, 0.2) is 9.84 Å². The molecule has 0 fully saturated rings. The van der Waals surface area contributed by atoms with Crippen LogP contribution >= 0.6 is 0 Å². The van der Waals surface area contributed by atoms with Gasteiger partial charge in [-0.05, 0) is 6.92 Å². The van der Waals surface area contributed by atoms with Gasteiger partial charge in [-0.3, -0.25) is 0 Å². The van der Waals surface area contributed by atoms with E-state index in [0.29, 0.717) is 0 Å². The van der Waals surface area contributed by atoms with Gasteiger partial charge in [0.2, 0.25) is 0 Å². The average molecular weight is 252 g/mol. The van der Waals surface area contributed by atoms with E-state index in [4.69, 9.17) is 9.84 Å². The lowest BCUT2D eigenvalue weighted by molar-refractivity contribution is -0.153. The van der Waals surface area contributed by atoms with Crippen LogP contribution in [-0.2, 0) is 24.1 Å². The van der Waals surface area contributed by atoms with E-state index in [1.807, 2.05) is 0 Å². The zero-order valence-corrected chi connectivity index (χ0v) is 9.90. The van der Waals surface area contributed by atoms with E-state index in [0.717, 1.165) is 5.41 Å². The van der Waals surface area contributed by atoms with Crippen molar-refractivity contribution in [2.45, 2.75) is 13.0 Å². The largest absolute Gasteiger partial charge is 0.461 e. The number of hydrogen-bond acceptors (Lipinski definition) is 6. The van der Waals surface area contributed by atoms with E-state index < -0.39 is 21.9 Å². The van der Waals surface area contributed by atoms with Crippen LogP contribution in [0.3, 0.4) is 0 Å². The minimum absolute atomic E-state index is 0.0145. The lowest BCUT2D eigenvalue weighted by atomic mass is 10.4. The van der Waals surface area contributed by atoms with Crippen molar-refractivity contribution >= 4 is 15.8 Å². The van der Waals surface area contributed by atoms with Crippen LogP contribution in [0.4, 0.5) is 0 Å². The second kappa shape index (κ2) is 7.37. The fraction of sp³-hybridized carbons (Fsp3) is 0.667. The summed E-state index contributed by atoms with van der Waals surface area (Å²) >= 11 is 0. The van der Waals surface area contributed by atoms with Gasteiger partial charge in [0.05, 0.1) is 19.0 Å². The van der Waals surface area contributed by atoms with E-state index in [1.165, 1.54) is 6.92 Å². The predicted octanol–water partition coefficient (Wildman–Crippen LogP) is -0.515. The number of hydrogen-bond donors (Lipinski definition) is 1. The van der Waals surface area contributed by atoms with E-state index in [2.05, 4.69) is 11.3 Å². The van der Waals surface area contributed by atoms with Crippen LogP contribution in [-0.4, -0.2) is 51.2 Å². The van der Waals surface area contributed by atoms with Gasteiger partial charge in [0, 0.05) is 5.41 Å². The maximum atomic E-state index is 10.9. The Labute approximate surface area is 94.8 Å². The Balaban J connectivity index is 3.49. The van der Waals surface area contributed by atoms with Crippen LogP contribution in [0.25, 0.3) is 0 Å². The zero-order valence-electron chi connectivity index (χ0n) is 9.09. The van der Waals surface area contributed by atoms with Gasteiger partial charge in [0.1, 0.15) is 12.7 Å². The lowest BCUT2D eigenvalue weighted by Crippen LogP contribution is -2.21. The molecule has 94 valence electrons. The minimum atomic E-state index is -3.25. The molecule has 1 N–H and O–H groups in total. The third kappa shape index (κ3) is 7.38. The molecule has 0 radical (unpaired) electrons. The summed E-state index contributed by atoms with van der Waals surface area (Å²) in [4.78, 5) is 10.7. The van der Waals surface area contributed by atoms with Crippen molar-refractivity contribution in [2.24, 2.45) is 0 Å². The van der Waals surface area contributed by atoms with Gasteiger partial charge in [-0.25, -0.2) is 13.2 Å². The fourth-order valence-electron chi connectivity index (χ4n) is 0.682. The molecule has 0 heterocycles. The standard InChI is InChI=1S/C9H16O6S/c1-3-16(12,13)7-6-14-4-5-15-9(11)8(2)10/h3,8,10H,1,4-7H2,2H3. The number of carbonyl (C=O) groups is 1. The molecule has 0 saturated carbocycles. The van der Waals surface area contributed by atoms with Crippen molar-refractivity contribution in [2.75, 3.05) is 25.6 Å². The molecule has 0 aliphatic rings. The molecule has 0 aliphatic carbocycles. The Morgan fingerprint density at radius 1 is 1.44 bits per heavy atom. The number of rotatable bonds is 8. The summed E-state index contributed by atoms with van der Waals surface area (Å²) in [6.45, 7) is 4.53. The van der Waals surface area contributed by atoms with E-state index >= 15 is 0 Å². The predicted molar refractivity (Wildman–Crippen MR) is 57.4 cm³/mol. The Morgan fingerprint density at radius 2 is 2.06 bits per heavy atom. The van der Waals surface area contributed by atoms with Crippen molar-refractivity contribution < 1.29 is 27.8 Å². The first-order valence-corrected chi connectivity index (χ1v) is 6.38. The molecule has 0 aliphatic heterocycles. The first-order valence-electron chi connectivity index (χ1n) is 4.66. The first kappa shape index (κ1) is 15.1. The summed E-state index contributed by atoms with van der Waals surface area (Å²) in [6, 6.07) is 0. The molecule has 7 heteroatoms. The van der Waals surface area contributed by atoms with Crippen LogP contribution in [0.2, 0.25) is 0 Å². The van der Waals surface area contributed by atoms with Crippen molar-refractivity contribution in [3.05, 3.63) is 12.0 Å². The summed E-state index contributed by atoms with van der Waals surface area (Å²) < 4.78 is 31.3. The number of ether oxygens (including phenoxy) is 2. The van der Waals surface area contributed by atoms with Crippen molar-refractivity contribution in [1.82, 2.24) is 0 Å². The van der Waals surface area contributed by atoms with Crippen molar-refractivity contribution in [3.63, 3.8) is 0 Å². The van der Waals surface area contributed by atoms with Crippen LogP contribution in [0.5, 0.6) is 0 Å². The van der Waals surface area contributed by atoms with Crippen LogP contribution in [0, 0.1) is 0 Å². The number of esters is 1. The summed E-state index contributed by atoms with van der Waals surface area (Å²) in [5.41, 5.74) is 0. The Bertz CT molecular complexity index is 319. The molecule has 0 aromatic rings. The highest BCUT2D eigenvalue weighted by Crippen LogP contribution is 1.91. The fourth-order valence-corrected chi connectivity index (χ4v) is 1.20. The van der Waals surface area contributed by atoms with Crippen LogP contribution in [0.1, 0.15) is 6.92 Å². The van der Waals surface area contributed by atoms with Crippen molar-refractivity contribution in [3.8, 4) is 0 Å². The zero-order chi connectivity index (χ0) is 12.6. The molecule has 1 atom stereocenters. The van der Waals surface area contributed by atoms with E-state index in [1.54, 1.807) is 0 Å². The smallest absolute Gasteiger partial charge is 0.334 e. The van der Waals surface area contributed by atoms with Crippen LogP contribution < -0.4 is 0 Å². The average Bonchev–Trinajstić information content (AvgIpc) is 2.22. The van der Waals surface area contributed by atoms with Gasteiger partial charge in [-0.15, -0.1) is 0 Å². The molecule has 1 unspecified atom stereocenters. The highest BCUT2D eigenvalue weighted by atomic mass is 32.2. The monoisotopic (exact) mass is 252 g/mol. The molecular weight excluding hydrogens is 236 g/mol. The molecule has 0 bridgehead atoms. The highest BCUT2D eigenvalue weighted by Gasteiger charge is 2.09. The maximum absolute atomic E-state index is 10.9. The molecule has 0 aromatic carbocycles. The minimum Gasteiger partial charge on any atom is -0.461 e. The van der Waals surface area contributed by atoms with E-state index in [-0.39, 0.29) is 25.6 Å². The summed E-state index contributed by atoms with van der Waals surface area (Å²) in [6.07, 6.45) is -1.17. The van der Waals surface area contributed by atoms with Crippen LogP contribution in [0.15, 0.2) is 12.0 Å². The normalized spacial score (nSPS) is 13.1. The van der Waals surface area contributed by atoms with Crippen molar-refractivity contribution in [1.29, 1.82) is 0 Å². The topological polar surface area (TPSA) is 89.9 Å². The second-order valence-electron chi connectivity index (χ2n) is 2.99. The highest BCUT2D eigenvalue weighted by molar-refractivity contribution is 7.94. The number of aliphatic hydroxyl groups excluding tert-OH is 1. The molecule has 0 amide bonds. The number of sulfone groups is 1. The first-order chi connectivity index (χ1) is 7.39. The summed E-state index contributed by atoms with van der Waals surface area (Å²) in [5, 5.41) is 9.62. The third-order valence-corrected chi connectivity index (χ3v) is 2.82. The Kier molecular flexibility index (Phi) is 6.95. The third-order valence-electron chi connectivity index (χ3n) is 1.58. The summed E-state index contributed by atoms with van der Waals surface area (Å²) in [5.74, 6) is -0.886. The van der Waals surface area contributed by atoms with Gasteiger partial charge >= 0.3 is 5.97 Å². The quantitative estimate of drug-likeness (QED) is 0.462. The van der Waals surface area contributed by atoms with Gasteiger partial charge in [-0.2, -0.15) is 0 Å². The van der Waals surface area contributed by atoms with Gasteiger partial charge in [-0.1, -0.05) is 6.58 Å². The summed E-state index contributed by atoms with van der Waals surface area (Å²) in [7, 11) is -3.25. The number of aliphatic hydroxyl groups is 1. The van der Waals surface area contributed by atoms with Gasteiger partial charge < -0.3 is 14.6 Å². The Hall–Kier alpha value is -0.920. The second-order valence-corrected chi connectivity index (χ2v) is 5.06. The molecule has 0 aromatic heterocycles. The molecule has 0 spiro atoms. The van der Waals surface area contributed by atoms with E-state index in [9.17, 15) is 13.2 Å². The SMILES string of the molecule is C=CS(=O)(=O)CCOCCOC(=O)C(C)O.